The molecule has 2 rings (SSSR count). The minimum absolute atomic E-state index is 0.0711. The van der Waals surface area contributed by atoms with Gasteiger partial charge in [-0.15, -0.1) is 0 Å². The van der Waals surface area contributed by atoms with Gasteiger partial charge in [0.1, 0.15) is 12.1 Å². The van der Waals surface area contributed by atoms with Gasteiger partial charge in [0.2, 0.25) is 17.7 Å². The highest BCUT2D eigenvalue weighted by molar-refractivity contribution is 5.94. The molecule has 11 nitrogen and oxygen atoms in total. The summed E-state index contributed by atoms with van der Waals surface area (Å²) in [4.78, 5) is 49.6. The molecule has 3 amide bonds. The summed E-state index contributed by atoms with van der Waals surface area (Å²) in [5.41, 5.74) is 7.61. The molecule has 194 valence electrons. The fourth-order valence-electron chi connectivity index (χ4n) is 3.41. The number of carbonyl (C=O) groups excluding carboxylic acids is 3. The second kappa shape index (κ2) is 13.9. The molecule has 36 heavy (non-hydrogen) atoms. The minimum Gasteiger partial charge on any atom is -0.480 e. The van der Waals surface area contributed by atoms with Gasteiger partial charge in [-0.3, -0.25) is 14.4 Å². The van der Waals surface area contributed by atoms with Crippen LogP contribution in [0.4, 0.5) is 0 Å². The first-order chi connectivity index (χ1) is 17.1. The summed E-state index contributed by atoms with van der Waals surface area (Å²) < 4.78 is 0. The van der Waals surface area contributed by atoms with Gasteiger partial charge in [0.15, 0.2) is 6.04 Å². The molecular formula is C25H32N4O7. The van der Waals surface area contributed by atoms with Gasteiger partial charge in [0.05, 0.1) is 18.8 Å². The van der Waals surface area contributed by atoms with Crippen molar-refractivity contribution in [1.29, 1.82) is 0 Å². The van der Waals surface area contributed by atoms with Crippen molar-refractivity contribution in [3.63, 3.8) is 0 Å². The Bertz CT molecular complexity index is 1020. The SMILES string of the molecule is C[C@H](O)[C@@H](NC(=O)[C@@H](CO)NC(=O)[C@@H](Cc1ccccc1)NC(=O)[C@H](N)Cc1ccccc1)C(=O)O. The van der Waals surface area contributed by atoms with E-state index in [1.165, 1.54) is 6.92 Å². The number of carbonyl (C=O) groups is 4. The van der Waals surface area contributed by atoms with E-state index in [0.717, 1.165) is 11.1 Å². The molecule has 0 aliphatic carbocycles. The third kappa shape index (κ3) is 8.77. The van der Waals surface area contributed by atoms with Gasteiger partial charge in [-0.1, -0.05) is 60.7 Å². The standard InChI is InChI=1S/C25H32N4O7/c1-15(31)21(25(35)36)29-24(34)20(14-30)28-23(33)19(13-17-10-6-3-7-11-17)27-22(32)18(26)12-16-8-4-2-5-9-16/h2-11,15,18-21,30-31H,12-14,26H2,1H3,(H,27,32)(H,28,33)(H,29,34)(H,35,36)/t15-,18+,19+,20+,21+/m0/s1. The summed E-state index contributed by atoms with van der Waals surface area (Å²) in [6.07, 6.45) is -1.11. The molecule has 0 aromatic heterocycles. The average Bonchev–Trinajstić information content (AvgIpc) is 2.85. The fraction of sp³-hybridized carbons (Fsp3) is 0.360. The number of nitrogens with two attached hydrogens (primary N) is 1. The Kier molecular flexibility index (Phi) is 11.0. The zero-order valence-corrected chi connectivity index (χ0v) is 19.8. The number of aliphatic hydroxyl groups is 2. The van der Waals surface area contributed by atoms with E-state index in [9.17, 15) is 29.4 Å². The average molecular weight is 501 g/mol. The van der Waals surface area contributed by atoms with Crippen molar-refractivity contribution in [2.24, 2.45) is 5.73 Å². The lowest BCUT2D eigenvalue weighted by molar-refractivity contribution is -0.145. The number of carboxylic acids is 1. The van der Waals surface area contributed by atoms with E-state index >= 15 is 0 Å². The predicted octanol–water partition coefficient (Wildman–Crippen LogP) is -1.29. The summed E-state index contributed by atoms with van der Waals surface area (Å²) in [5, 5.41) is 35.4. The lowest BCUT2D eigenvalue weighted by Gasteiger charge is -2.25. The third-order valence-corrected chi connectivity index (χ3v) is 5.41. The highest BCUT2D eigenvalue weighted by Crippen LogP contribution is 2.07. The Balaban J connectivity index is 2.14. The van der Waals surface area contributed by atoms with Gasteiger partial charge in [-0.05, 0) is 24.5 Å². The molecule has 2 aromatic rings. The van der Waals surface area contributed by atoms with Crippen LogP contribution in [0.2, 0.25) is 0 Å². The number of carboxylic acid groups (broad SMARTS) is 1. The molecular weight excluding hydrogens is 468 g/mol. The summed E-state index contributed by atoms with van der Waals surface area (Å²) in [6.45, 7) is 0.332. The minimum atomic E-state index is -1.64. The number of amides is 3. The van der Waals surface area contributed by atoms with Crippen molar-refractivity contribution in [3.8, 4) is 0 Å². The maximum absolute atomic E-state index is 13.1. The highest BCUT2D eigenvalue weighted by Gasteiger charge is 2.31. The number of aliphatic carboxylic acids is 1. The Morgan fingerprint density at radius 1 is 0.778 bits per heavy atom. The lowest BCUT2D eigenvalue weighted by Crippen LogP contribution is -2.59. The molecule has 0 unspecified atom stereocenters. The third-order valence-electron chi connectivity index (χ3n) is 5.41. The van der Waals surface area contributed by atoms with Gasteiger partial charge in [0.25, 0.3) is 0 Å². The monoisotopic (exact) mass is 500 g/mol. The van der Waals surface area contributed by atoms with E-state index in [-0.39, 0.29) is 12.8 Å². The number of nitrogens with one attached hydrogen (secondary N) is 3. The maximum Gasteiger partial charge on any atom is 0.328 e. The van der Waals surface area contributed by atoms with E-state index in [0.29, 0.717) is 0 Å². The molecule has 0 bridgehead atoms. The van der Waals surface area contributed by atoms with Crippen LogP contribution < -0.4 is 21.7 Å². The Labute approximate surface area is 208 Å². The van der Waals surface area contributed by atoms with Crippen LogP contribution in [-0.4, -0.2) is 75.9 Å². The molecule has 5 atom stereocenters. The molecule has 2 aromatic carbocycles. The smallest absolute Gasteiger partial charge is 0.328 e. The van der Waals surface area contributed by atoms with Gasteiger partial charge < -0.3 is 37.0 Å². The number of hydrogen-bond donors (Lipinski definition) is 7. The Morgan fingerprint density at radius 3 is 1.72 bits per heavy atom. The number of rotatable bonds is 13. The highest BCUT2D eigenvalue weighted by atomic mass is 16.4. The number of hydrogen-bond acceptors (Lipinski definition) is 7. The summed E-state index contributed by atoms with van der Waals surface area (Å²) in [5.74, 6) is -3.86. The molecule has 0 saturated carbocycles. The first-order valence-electron chi connectivity index (χ1n) is 11.4. The van der Waals surface area contributed by atoms with Crippen LogP contribution in [-0.2, 0) is 32.0 Å². The number of benzene rings is 2. The lowest BCUT2D eigenvalue weighted by atomic mass is 10.0. The van der Waals surface area contributed by atoms with E-state index < -0.39 is 60.6 Å². The zero-order chi connectivity index (χ0) is 26.7. The molecule has 0 fully saturated rings. The second-order valence-corrected chi connectivity index (χ2v) is 8.36. The maximum atomic E-state index is 13.1. The molecule has 0 aliphatic heterocycles. The first-order valence-corrected chi connectivity index (χ1v) is 11.4. The normalized spacial score (nSPS) is 15.0. The van der Waals surface area contributed by atoms with Crippen LogP contribution in [0.15, 0.2) is 60.7 Å². The van der Waals surface area contributed by atoms with Crippen molar-refractivity contribution in [2.75, 3.05) is 6.61 Å². The van der Waals surface area contributed by atoms with Crippen LogP contribution >= 0.6 is 0 Å². The second-order valence-electron chi connectivity index (χ2n) is 8.36. The quantitative estimate of drug-likeness (QED) is 0.177. The van der Waals surface area contributed by atoms with Gasteiger partial charge in [-0.2, -0.15) is 0 Å². The van der Waals surface area contributed by atoms with Crippen molar-refractivity contribution in [1.82, 2.24) is 16.0 Å². The zero-order valence-electron chi connectivity index (χ0n) is 19.8. The van der Waals surface area contributed by atoms with E-state index in [4.69, 9.17) is 10.8 Å². The van der Waals surface area contributed by atoms with Crippen LogP contribution in [0.25, 0.3) is 0 Å². The van der Waals surface area contributed by atoms with Gasteiger partial charge in [-0.25, -0.2) is 4.79 Å². The van der Waals surface area contributed by atoms with E-state index in [1.807, 2.05) is 30.3 Å². The van der Waals surface area contributed by atoms with Crippen molar-refractivity contribution >= 4 is 23.7 Å². The molecule has 0 radical (unpaired) electrons. The topological polar surface area (TPSA) is 191 Å². The van der Waals surface area contributed by atoms with Crippen molar-refractivity contribution in [3.05, 3.63) is 71.8 Å². The van der Waals surface area contributed by atoms with Crippen molar-refractivity contribution in [2.45, 2.75) is 50.0 Å². The fourth-order valence-corrected chi connectivity index (χ4v) is 3.41. The van der Waals surface area contributed by atoms with Crippen LogP contribution in [0.1, 0.15) is 18.1 Å². The molecule has 0 saturated heterocycles. The van der Waals surface area contributed by atoms with Gasteiger partial charge in [0, 0.05) is 6.42 Å². The van der Waals surface area contributed by atoms with E-state index in [1.54, 1.807) is 30.3 Å². The van der Waals surface area contributed by atoms with Crippen LogP contribution in [0, 0.1) is 0 Å². The summed E-state index contributed by atoms with van der Waals surface area (Å²) >= 11 is 0. The molecule has 0 spiro atoms. The van der Waals surface area contributed by atoms with Gasteiger partial charge >= 0.3 is 5.97 Å². The number of aliphatic hydroxyl groups excluding tert-OH is 2. The Morgan fingerprint density at radius 2 is 1.25 bits per heavy atom. The van der Waals surface area contributed by atoms with Crippen LogP contribution in [0.3, 0.4) is 0 Å². The molecule has 11 heteroatoms. The largest absolute Gasteiger partial charge is 0.480 e. The molecule has 0 aliphatic rings. The summed E-state index contributed by atoms with van der Waals surface area (Å²) in [6, 6.07) is 12.7. The van der Waals surface area contributed by atoms with Crippen LogP contribution in [0.5, 0.6) is 0 Å². The molecule has 0 heterocycles. The van der Waals surface area contributed by atoms with Crippen molar-refractivity contribution < 1.29 is 34.5 Å². The van der Waals surface area contributed by atoms with E-state index in [2.05, 4.69) is 16.0 Å². The predicted molar refractivity (Wildman–Crippen MR) is 130 cm³/mol. The molecule has 8 N–H and O–H groups in total. The Hall–Kier alpha value is -3.80. The summed E-state index contributed by atoms with van der Waals surface area (Å²) in [7, 11) is 0. The first kappa shape index (κ1) is 28.4.